The number of hydrogen-bond acceptors (Lipinski definition) is 9. The van der Waals surface area contributed by atoms with Crippen LogP contribution in [0.2, 0.25) is 0 Å². The monoisotopic (exact) mass is 1340 g/mol. The number of benzene rings is 1. The number of hydrazine groups is 1. The summed E-state index contributed by atoms with van der Waals surface area (Å²) in [6.07, 6.45) is 29.5. The molecule has 13 heteroatoms. The van der Waals surface area contributed by atoms with Gasteiger partial charge in [-0.05, 0) is 186 Å². The van der Waals surface area contributed by atoms with Crippen LogP contribution in [0.3, 0.4) is 0 Å². The number of aryl methyl sites for hydroxylation is 2. The number of aromatic nitrogens is 2. The minimum absolute atomic E-state index is 0.00304. The highest BCUT2D eigenvalue weighted by Crippen LogP contribution is 2.47. The standard InChI is InChI=1S/C32H57N5O3.C31H45N3O.C14H30.C4H10.C2H4O/c1-6-22(3)28(26-14-15-26)23(4)31(39)35(7-2)20-25-16-19-36(21-25)29(27-12-8-9-13-27)30(38)34-24(5)32(40)37-18-11-10-17-33-37;1-8-11-23-18-26(29(22(4)5)32-21-23)30-27(20-31(6,7)9-2)25-19-24(33-14-16-35-17-15-33)12-13-28(25)34(30)10-3;1-6-9-11-14(8-3)13(5)12(4)10-7-2;1-3-4-2;1-2-3/h22-29,33H,6-21H2,1-5H3,(H,34,38);12-13,18-19,21-22H,8-11,14-17,20H2,1-7H3;12-14H,6-11H2,1-5H3;3-4H2,1-2H3;2H,1H3. The zero-order valence-electron chi connectivity index (χ0n) is 65.5. The highest BCUT2D eigenvalue weighted by molar-refractivity contribution is 5.95. The first kappa shape index (κ1) is 84.1. The van der Waals surface area contributed by atoms with E-state index in [1.807, 2.05) is 6.92 Å². The number of rotatable bonds is 31. The van der Waals surface area contributed by atoms with Gasteiger partial charge < -0.3 is 29.2 Å². The molecule has 2 N–H and O–H groups in total. The highest BCUT2D eigenvalue weighted by Gasteiger charge is 2.43. The Hall–Kier alpha value is -4.33. The minimum atomic E-state index is -0.542. The van der Waals surface area contributed by atoms with E-state index in [2.05, 4.69) is 185 Å². The van der Waals surface area contributed by atoms with Gasteiger partial charge in [0.2, 0.25) is 11.8 Å². The number of carbonyl (C=O) groups excluding carboxylic acids is 4. The molecule has 0 radical (unpaired) electrons. The SMILES string of the molecule is CC=O.CCC(C)C(C1CC1)C(C)C(=O)N(CC)CC1CCN(C(C(=O)NC(C)C(=O)N2CCCCN2)C2CCCC2)C1.CCCC.CCCCC(CC)C(C)C(C)CCC.CCCc1cnc(C(C)C)c(-c2c(CC(C)(C)CC)c3cc(N4CCOCC4)ccc3n2CC)c1. The molecule has 2 aliphatic carbocycles. The Morgan fingerprint density at radius 3 is 1.99 bits per heavy atom. The van der Waals surface area contributed by atoms with E-state index in [4.69, 9.17) is 14.5 Å². The molecular weight excluding hydrogens is 1190 g/mol. The van der Waals surface area contributed by atoms with Gasteiger partial charge in [0, 0.05) is 86.6 Å². The molecule has 1 aromatic carbocycles. The average molecular weight is 1340 g/mol. The second-order valence-electron chi connectivity index (χ2n) is 30.9. The Morgan fingerprint density at radius 1 is 0.771 bits per heavy atom. The molecule has 3 aromatic rings. The number of anilines is 1. The van der Waals surface area contributed by atoms with Gasteiger partial charge in [0.15, 0.2) is 0 Å². The number of carbonyl (C=O) groups is 4. The van der Waals surface area contributed by atoms with E-state index in [9.17, 15) is 14.4 Å². The van der Waals surface area contributed by atoms with E-state index in [-0.39, 0.29) is 29.2 Å². The third-order valence-corrected chi connectivity index (χ3v) is 22.6. The van der Waals surface area contributed by atoms with Gasteiger partial charge >= 0.3 is 0 Å². The first-order chi connectivity index (χ1) is 46.0. The summed E-state index contributed by atoms with van der Waals surface area (Å²) in [7, 11) is 0. The summed E-state index contributed by atoms with van der Waals surface area (Å²) < 4.78 is 8.18. The van der Waals surface area contributed by atoms with Crippen molar-refractivity contribution >= 4 is 40.6 Å². The molecule has 5 fully saturated rings. The number of likely N-dealkylation sites (tertiary alicyclic amines) is 1. The summed E-state index contributed by atoms with van der Waals surface area (Å²) in [4.78, 5) is 61.2. The molecule has 5 aliphatic rings. The molecule has 3 saturated heterocycles. The van der Waals surface area contributed by atoms with Gasteiger partial charge in [0.1, 0.15) is 12.3 Å². The van der Waals surface area contributed by atoms with Crippen molar-refractivity contribution in [2.24, 2.45) is 58.7 Å². The van der Waals surface area contributed by atoms with Crippen LogP contribution >= 0.6 is 0 Å². The maximum absolute atomic E-state index is 13.7. The number of amides is 3. The fourth-order valence-electron chi connectivity index (χ4n) is 15.9. The Kier molecular flexibility index (Phi) is 38.6. The van der Waals surface area contributed by atoms with E-state index in [0.29, 0.717) is 42.0 Å². The Labute approximate surface area is 588 Å². The van der Waals surface area contributed by atoms with Gasteiger partial charge in [0.05, 0.1) is 30.6 Å². The van der Waals surface area contributed by atoms with Crippen molar-refractivity contribution in [1.29, 1.82) is 0 Å². The molecule has 0 spiro atoms. The summed E-state index contributed by atoms with van der Waals surface area (Å²) in [5.41, 5.74) is 12.8. The third kappa shape index (κ3) is 25.1. The summed E-state index contributed by atoms with van der Waals surface area (Å²) >= 11 is 0. The third-order valence-electron chi connectivity index (χ3n) is 22.6. The zero-order valence-corrected chi connectivity index (χ0v) is 65.5. The van der Waals surface area contributed by atoms with Crippen LogP contribution in [-0.4, -0.2) is 126 Å². The molecule has 3 amide bonds. The van der Waals surface area contributed by atoms with Crippen LogP contribution in [0.5, 0.6) is 0 Å². The summed E-state index contributed by atoms with van der Waals surface area (Å²) in [5.74, 6) is 6.05. The van der Waals surface area contributed by atoms with Crippen molar-refractivity contribution in [2.75, 3.05) is 70.5 Å². The highest BCUT2D eigenvalue weighted by atomic mass is 16.5. The topological polar surface area (TPSA) is 132 Å². The molecule has 2 saturated carbocycles. The summed E-state index contributed by atoms with van der Waals surface area (Å²) in [6, 6.07) is 8.83. The lowest BCUT2D eigenvalue weighted by Gasteiger charge is -2.35. The van der Waals surface area contributed by atoms with Gasteiger partial charge in [-0.25, -0.2) is 5.43 Å². The number of unbranched alkanes of at least 4 members (excludes halogenated alkanes) is 2. The Morgan fingerprint density at radius 2 is 1.45 bits per heavy atom. The van der Waals surface area contributed by atoms with E-state index in [0.717, 1.165) is 160 Å². The normalized spacial score (nSPS) is 19.4. The molecule has 13 nitrogen and oxygen atoms in total. The van der Waals surface area contributed by atoms with E-state index in [1.165, 1.54) is 129 Å². The van der Waals surface area contributed by atoms with Crippen LogP contribution in [-0.2, 0) is 43.3 Å². The molecule has 8 rings (SSSR count). The molecule has 0 bridgehead atoms. The number of hydrogen-bond donors (Lipinski definition) is 2. The van der Waals surface area contributed by atoms with Crippen LogP contribution in [0.4, 0.5) is 5.69 Å². The second-order valence-corrected chi connectivity index (χ2v) is 30.9. The van der Waals surface area contributed by atoms with Gasteiger partial charge in [-0.15, -0.1) is 0 Å². The van der Waals surface area contributed by atoms with Gasteiger partial charge in [0.25, 0.3) is 5.91 Å². The number of aldehydes is 1. The molecule has 9 unspecified atom stereocenters. The van der Waals surface area contributed by atoms with Crippen molar-refractivity contribution in [3.8, 4) is 11.3 Å². The van der Waals surface area contributed by atoms with Gasteiger partial charge in [-0.2, -0.15) is 0 Å². The van der Waals surface area contributed by atoms with Crippen molar-refractivity contribution < 1.29 is 23.9 Å². The van der Waals surface area contributed by atoms with Crippen molar-refractivity contribution in [3.05, 3.63) is 47.3 Å². The number of nitrogens with one attached hydrogen (secondary N) is 2. The van der Waals surface area contributed by atoms with Crippen LogP contribution in [0.25, 0.3) is 22.2 Å². The van der Waals surface area contributed by atoms with Crippen LogP contribution in [0, 0.1) is 58.7 Å². The van der Waals surface area contributed by atoms with E-state index < -0.39 is 6.04 Å². The fraction of sp³-hybridized carbons (Fsp3) is 0.795. The van der Waals surface area contributed by atoms with E-state index in [1.54, 1.807) is 5.01 Å². The first-order valence-corrected chi connectivity index (χ1v) is 39.8. The second kappa shape index (κ2) is 44.0. The molecule has 5 heterocycles. The van der Waals surface area contributed by atoms with Crippen LogP contribution in [0.1, 0.15) is 290 Å². The van der Waals surface area contributed by atoms with Gasteiger partial charge in [-0.3, -0.25) is 29.3 Å². The van der Waals surface area contributed by atoms with Crippen molar-refractivity contribution in [3.63, 3.8) is 0 Å². The first-order valence-electron chi connectivity index (χ1n) is 39.8. The number of fused-ring (bicyclic) bond motifs is 1. The summed E-state index contributed by atoms with van der Waals surface area (Å²) in [6.45, 7) is 53.8. The van der Waals surface area contributed by atoms with Crippen LogP contribution < -0.4 is 15.6 Å². The predicted octanol–water partition coefficient (Wildman–Crippen LogP) is 19.0. The van der Waals surface area contributed by atoms with Crippen LogP contribution in [0.15, 0.2) is 30.5 Å². The lowest BCUT2D eigenvalue weighted by Crippen LogP contribution is -2.58. The quantitative estimate of drug-likeness (QED) is 0.0604. The zero-order chi connectivity index (χ0) is 71.1. The number of morpholine rings is 1. The molecule has 548 valence electrons. The minimum Gasteiger partial charge on any atom is -0.378 e. The predicted molar refractivity (Wildman–Crippen MR) is 408 cm³/mol. The molecule has 96 heavy (non-hydrogen) atoms. The lowest BCUT2D eigenvalue weighted by atomic mass is 9.78. The average Bonchev–Trinajstić information content (AvgIpc) is 1.59. The van der Waals surface area contributed by atoms with Gasteiger partial charge in [-0.1, -0.05) is 194 Å². The van der Waals surface area contributed by atoms with E-state index >= 15 is 0 Å². The smallest absolute Gasteiger partial charge is 0.258 e. The Balaban J connectivity index is 0.000000317. The molecular formula is C83H146N8O5. The van der Waals surface area contributed by atoms with Crippen molar-refractivity contribution in [2.45, 2.75) is 304 Å². The maximum atomic E-state index is 13.7. The largest absolute Gasteiger partial charge is 0.378 e. The molecule has 9 atom stereocenters. The Bertz CT molecular complexity index is 2680. The lowest BCUT2D eigenvalue weighted by molar-refractivity contribution is -0.141. The number of ether oxygens (including phenoxy) is 1. The van der Waals surface area contributed by atoms with Crippen molar-refractivity contribution in [1.82, 2.24) is 35.1 Å². The maximum Gasteiger partial charge on any atom is 0.258 e. The molecule has 3 aliphatic heterocycles. The number of pyridine rings is 1. The fourth-order valence-corrected chi connectivity index (χ4v) is 15.9. The summed E-state index contributed by atoms with van der Waals surface area (Å²) in [5, 5.41) is 6.18. The number of nitrogens with zero attached hydrogens (tertiary/aromatic N) is 6. The molecule has 2 aromatic heterocycles.